The Balaban J connectivity index is 2.54. The molecule has 80 valence electrons. The molecule has 0 nitrogen and oxygen atoms in total. The number of rotatable bonds is 3. The quantitative estimate of drug-likeness (QED) is 0.529. The van der Waals surface area contributed by atoms with Crippen LogP contribution in [-0.2, 0) is 0 Å². The van der Waals surface area contributed by atoms with Gasteiger partial charge in [0.1, 0.15) is 4.08 Å². The van der Waals surface area contributed by atoms with Crippen LogP contribution in [0.15, 0.2) is 0 Å². The normalized spacial score (nSPS) is 19.4. The fourth-order valence-electron chi connectivity index (χ4n) is 1.43. The molecule has 2 heteroatoms. The Labute approximate surface area is 97.0 Å². The molecule has 0 aliphatic carbocycles. The standard InChI is InChI=1S/C12H20S2/c1-4-5-6-7-8-12(11(2)3)13-9-10-14-12/h11H,4-6,9-10H2,1-3H3. The molecule has 1 rings (SSSR count). The highest BCUT2D eigenvalue weighted by molar-refractivity contribution is 8.21. The Bertz CT molecular complexity index is 216. The molecule has 0 spiro atoms. The van der Waals surface area contributed by atoms with Crippen LogP contribution in [0.5, 0.6) is 0 Å². The maximum Gasteiger partial charge on any atom is 0.124 e. The molecular formula is C12H20S2. The van der Waals surface area contributed by atoms with Gasteiger partial charge in [-0.1, -0.05) is 33.1 Å². The second-order valence-corrected chi connectivity index (χ2v) is 6.86. The molecule has 14 heavy (non-hydrogen) atoms. The summed E-state index contributed by atoms with van der Waals surface area (Å²) in [6, 6.07) is 0. The Morgan fingerprint density at radius 1 is 1.29 bits per heavy atom. The first kappa shape index (κ1) is 12.3. The van der Waals surface area contributed by atoms with Crippen LogP contribution in [0.25, 0.3) is 0 Å². The molecule has 0 bridgehead atoms. The van der Waals surface area contributed by atoms with Crippen molar-refractivity contribution < 1.29 is 0 Å². The fraction of sp³-hybridized carbons (Fsp3) is 0.833. The molecule has 0 N–H and O–H groups in total. The second kappa shape index (κ2) is 5.98. The average molecular weight is 228 g/mol. The van der Waals surface area contributed by atoms with E-state index < -0.39 is 0 Å². The summed E-state index contributed by atoms with van der Waals surface area (Å²) < 4.78 is 0.216. The van der Waals surface area contributed by atoms with Gasteiger partial charge >= 0.3 is 0 Å². The summed E-state index contributed by atoms with van der Waals surface area (Å²) >= 11 is 4.09. The van der Waals surface area contributed by atoms with Crippen molar-refractivity contribution in [3.8, 4) is 11.8 Å². The minimum atomic E-state index is 0.216. The van der Waals surface area contributed by atoms with E-state index in [1.54, 1.807) is 0 Å². The van der Waals surface area contributed by atoms with Gasteiger partial charge in [-0.25, -0.2) is 0 Å². The van der Waals surface area contributed by atoms with Gasteiger partial charge in [0, 0.05) is 17.9 Å². The highest BCUT2D eigenvalue weighted by atomic mass is 32.2. The van der Waals surface area contributed by atoms with E-state index in [1.807, 2.05) is 23.5 Å². The lowest BCUT2D eigenvalue weighted by atomic mass is 10.1. The van der Waals surface area contributed by atoms with Gasteiger partial charge in [-0.3, -0.25) is 0 Å². The molecule has 0 unspecified atom stereocenters. The van der Waals surface area contributed by atoms with Crippen LogP contribution in [0.1, 0.15) is 40.0 Å². The molecule has 1 aliphatic rings. The smallest absolute Gasteiger partial charge is 0.124 e. The molecule has 1 heterocycles. The first-order valence-electron chi connectivity index (χ1n) is 5.49. The van der Waals surface area contributed by atoms with E-state index in [4.69, 9.17) is 0 Å². The molecule has 0 aromatic rings. The highest BCUT2D eigenvalue weighted by Crippen LogP contribution is 2.48. The van der Waals surface area contributed by atoms with Gasteiger partial charge in [-0.15, -0.1) is 29.4 Å². The fourth-order valence-corrected chi connectivity index (χ4v) is 4.49. The Morgan fingerprint density at radius 2 is 1.93 bits per heavy atom. The molecule has 0 aromatic heterocycles. The van der Waals surface area contributed by atoms with Crippen LogP contribution in [0.4, 0.5) is 0 Å². The van der Waals surface area contributed by atoms with Gasteiger partial charge in [0.25, 0.3) is 0 Å². The summed E-state index contributed by atoms with van der Waals surface area (Å²) in [5.74, 6) is 10.1. The van der Waals surface area contributed by atoms with E-state index in [9.17, 15) is 0 Å². The summed E-state index contributed by atoms with van der Waals surface area (Å²) in [6.45, 7) is 6.80. The van der Waals surface area contributed by atoms with Gasteiger partial charge in [0.15, 0.2) is 0 Å². The molecule has 0 atom stereocenters. The number of unbranched alkanes of at least 4 members (excludes halogenated alkanes) is 2. The Hall–Kier alpha value is 0.260. The van der Waals surface area contributed by atoms with Gasteiger partial charge in [-0.2, -0.15) is 0 Å². The van der Waals surface area contributed by atoms with Crippen molar-refractivity contribution in [1.29, 1.82) is 0 Å². The maximum absolute atomic E-state index is 3.51. The van der Waals surface area contributed by atoms with Crippen LogP contribution in [0.3, 0.4) is 0 Å². The zero-order valence-corrected chi connectivity index (χ0v) is 11.1. The van der Waals surface area contributed by atoms with Crippen molar-refractivity contribution in [2.24, 2.45) is 5.92 Å². The number of hydrogen-bond acceptors (Lipinski definition) is 2. The van der Waals surface area contributed by atoms with E-state index >= 15 is 0 Å². The van der Waals surface area contributed by atoms with Crippen LogP contribution in [0.2, 0.25) is 0 Å². The Kier molecular flexibility index (Phi) is 5.26. The van der Waals surface area contributed by atoms with E-state index in [1.165, 1.54) is 24.3 Å². The van der Waals surface area contributed by atoms with Crippen molar-refractivity contribution in [3.63, 3.8) is 0 Å². The third-order valence-electron chi connectivity index (χ3n) is 2.39. The number of hydrogen-bond donors (Lipinski definition) is 0. The monoisotopic (exact) mass is 228 g/mol. The molecule has 1 saturated heterocycles. The second-order valence-electron chi connectivity index (χ2n) is 3.92. The van der Waals surface area contributed by atoms with Crippen LogP contribution in [-0.4, -0.2) is 15.6 Å². The van der Waals surface area contributed by atoms with E-state index in [2.05, 4.69) is 32.6 Å². The summed E-state index contributed by atoms with van der Waals surface area (Å²) in [6.07, 6.45) is 3.58. The average Bonchev–Trinajstić information content (AvgIpc) is 2.62. The van der Waals surface area contributed by atoms with Crippen LogP contribution in [0, 0.1) is 17.8 Å². The van der Waals surface area contributed by atoms with Gasteiger partial charge in [0.2, 0.25) is 0 Å². The zero-order chi connectivity index (χ0) is 10.4. The summed E-state index contributed by atoms with van der Waals surface area (Å²) in [4.78, 5) is 0. The van der Waals surface area contributed by atoms with Crippen molar-refractivity contribution in [3.05, 3.63) is 0 Å². The summed E-state index contributed by atoms with van der Waals surface area (Å²) in [7, 11) is 0. The first-order chi connectivity index (χ1) is 6.71. The van der Waals surface area contributed by atoms with E-state index in [-0.39, 0.29) is 4.08 Å². The van der Waals surface area contributed by atoms with Gasteiger partial charge in [-0.05, 0) is 12.3 Å². The molecular weight excluding hydrogens is 208 g/mol. The predicted molar refractivity (Wildman–Crippen MR) is 69.8 cm³/mol. The van der Waals surface area contributed by atoms with Crippen molar-refractivity contribution in [2.75, 3.05) is 11.5 Å². The van der Waals surface area contributed by atoms with Crippen LogP contribution < -0.4 is 0 Å². The Morgan fingerprint density at radius 3 is 2.43 bits per heavy atom. The van der Waals surface area contributed by atoms with E-state index in [0.717, 1.165) is 6.42 Å². The molecule has 0 saturated carbocycles. The molecule has 0 amide bonds. The lowest BCUT2D eigenvalue weighted by Gasteiger charge is -2.25. The van der Waals surface area contributed by atoms with E-state index in [0.29, 0.717) is 5.92 Å². The lowest BCUT2D eigenvalue weighted by molar-refractivity contribution is 0.659. The third-order valence-corrected chi connectivity index (χ3v) is 6.18. The third kappa shape index (κ3) is 3.14. The minimum Gasteiger partial charge on any atom is -0.130 e. The SMILES string of the molecule is CCCCC#CC1(C(C)C)SCCS1. The van der Waals surface area contributed by atoms with Gasteiger partial charge in [0.05, 0.1) is 0 Å². The van der Waals surface area contributed by atoms with Crippen molar-refractivity contribution >= 4 is 23.5 Å². The molecule has 1 fully saturated rings. The van der Waals surface area contributed by atoms with Gasteiger partial charge < -0.3 is 0 Å². The summed E-state index contributed by atoms with van der Waals surface area (Å²) in [5.41, 5.74) is 0. The van der Waals surface area contributed by atoms with Crippen LogP contribution >= 0.6 is 23.5 Å². The molecule has 0 radical (unpaired) electrons. The molecule has 0 aromatic carbocycles. The summed E-state index contributed by atoms with van der Waals surface area (Å²) in [5, 5.41) is 0. The first-order valence-corrected chi connectivity index (χ1v) is 7.46. The maximum atomic E-state index is 3.51. The lowest BCUT2D eigenvalue weighted by Crippen LogP contribution is -2.22. The predicted octanol–water partition coefficient (Wildman–Crippen LogP) is 4.01. The topological polar surface area (TPSA) is 0 Å². The largest absolute Gasteiger partial charge is 0.130 e. The molecule has 1 aliphatic heterocycles. The number of thioether (sulfide) groups is 2. The van der Waals surface area contributed by atoms with Crippen molar-refractivity contribution in [2.45, 2.75) is 44.1 Å². The zero-order valence-electron chi connectivity index (χ0n) is 9.43. The van der Waals surface area contributed by atoms with Crippen molar-refractivity contribution in [1.82, 2.24) is 0 Å². The highest BCUT2D eigenvalue weighted by Gasteiger charge is 2.36. The minimum absolute atomic E-state index is 0.216.